The van der Waals surface area contributed by atoms with E-state index in [0.717, 1.165) is 29.9 Å². The predicted molar refractivity (Wildman–Crippen MR) is 135 cm³/mol. The van der Waals surface area contributed by atoms with E-state index in [0.29, 0.717) is 5.56 Å². The van der Waals surface area contributed by atoms with E-state index < -0.39 is 0 Å². The average molecular weight is 426 g/mol. The highest BCUT2D eigenvalue weighted by Crippen LogP contribution is 2.26. The third-order valence-electron chi connectivity index (χ3n) is 5.94. The Morgan fingerprint density at radius 3 is 1.44 bits per heavy atom. The van der Waals surface area contributed by atoms with Crippen LogP contribution in [0.15, 0.2) is 72.8 Å². The van der Waals surface area contributed by atoms with Crippen LogP contribution in [0.4, 0.5) is 0 Å². The van der Waals surface area contributed by atoms with Crippen molar-refractivity contribution < 1.29 is 4.74 Å². The Morgan fingerprint density at radius 2 is 0.969 bits per heavy atom. The second-order valence-electron chi connectivity index (χ2n) is 8.47. The van der Waals surface area contributed by atoms with Crippen molar-refractivity contribution in [2.75, 3.05) is 6.61 Å². The zero-order valence-corrected chi connectivity index (χ0v) is 19.4. The Labute approximate surface area is 193 Å². The fourth-order valence-corrected chi connectivity index (χ4v) is 3.94. The summed E-state index contributed by atoms with van der Waals surface area (Å²) in [6.07, 6.45) is 12.0. The summed E-state index contributed by atoms with van der Waals surface area (Å²) < 4.78 is 5.93. The van der Waals surface area contributed by atoms with Crippen molar-refractivity contribution in [1.82, 2.24) is 0 Å². The lowest BCUT2D eigenvalue weighted by Gasteiger charge is -2.08. The first-order chi connectivity index (χ1) is 15.8. The molecule has 0 saturated carbocycles. The highest BCUT2D eigenvalue weighted by molar-refractivity contribution is 5.71. The van der Waals surface area contributed by atoms with Crippen LogP contribution in [0.5, 0.6) is 5.75 Å². The first kappa shape index (κ1) is 23.6. The third kappa shape index (κ3) is 7.57. The smallest absolute Gasteiger partial charge is 0.119 e. The fraction of sp³-hybridized carbons (Fsp3) is 0.367. The van der Waals surface area contributed by atoms with E-state index in [1.54, 1.807) is 0 Å². The summed E-state index contributed by atoms with van der Waals surface area (Å²) in [4.78, 5) is 0. The summed E-state index contributed by atoms with van der Waals surface area (Å²) in [5, 5.41) is 8.94. The van der Waals surface area contributed by atoms with Crippen molar-refractivity contribution in [3.63, 3.8) is 0 Å². The van der Waals surface area contributed by atoms with Gasteiger partial charge >= 0.3 is 0 Å². The molecule has 3 rings (SSSR count). The SMILES string of the molecule is CCCCCCCCCCCOc1ccc(-c2ccc(-c3ccc(C#N)cc3)cc2)cc1. The van der Waals surface area contributed by atoms with Gasteiger partial charge in [0.1, 0.15) is 5.75 Å². The van der Waals surface area contributed by atoms with Crippen LogP contribution >= 0.6 is 0 Å². The van der Waals surface area contributed by atoms with Crippen LogP contribution in [0.1, 0.15) is 70.3 Å². The molecule has 0 spiro atoms. The molecule has 2 nitrogen and oxygen atoms in total. The lowest BCUT2D eigenvalue weighted by molar-refractivity contribution is 0.304. The number of nitriles is 1. The molecule has 0 unspecified atom stereocenters. The van der Waals surface area contributed by atoms with Gasteiger partial charge in [0.15, 0.2) is 0 Å². The van der Waals surface area contributed by atoms with Gasteiger partial charge in [-0.05, 0) is 52.9 Å². The number of ether oxygens (including phenoxy) is 1. The topological polar surface area (TPSA) is 33.0 Å². The molecule has 0 amide bonds. The second-order valence-corrected chi connectivity index (χ2v) is 8.47. The maximum absolute atomic E-state index is 8.94. The first-order valence-electron chi connectivity index (χ1n) is 12.1. The van der Waals surface area contributed by atoms with E-state index >= 15 is 0 Å². The molecule has 0 bridgehead atoms. The lowest BCUT2D eigenvalue weighted by Crippen LogP contribution is -1.97. The molecule has 3 aromatic rings. The molecule has 0 radical (unpaired) electrons. The molecule has 0 aliphatic carbocycles. The molecule has 0 saturated heterocycles. The molecule has 0 atom stereocenters. The molecule has 166 valence electrons. The van der Waals surface area contributed by atoms with Crippen LogP contribution in [0, 0.1) is 11.3 Å². The van der Waals surface area contributed by atoms with E-state index in [-0.39, 0.29) is 0 Å². The number of hydrogen-bond donors (Lipinski definition) is 0. The Hall–Kier alpha value is -3.05. The van der Waals surface area contributed by atoms with Crippen molar-refractivity contribution in [3.05, 3.63) is 78.4 Å². The van der Waals surface area contributed by atoms with Gasteiger partial charge in [-0.15, -0.1) is 0 Å². The van der Waals surface area contributed by atoms with Gasteiger partial charge in [-0.3, -0.25) is 0 Å². The molecular formula is C30H35NO. The van der Waals surface area contributed by atoms with Crippen LogP contribution < -0.4 is 4.74 Å². The molecule has 0 fully saturated rings. The van der Waals surface area contributed by atoms with Crippen molar-refractivity contribution in [3.8, 4) is 34.1 Å². The average Bonchev–Trinajstić information content (AvgIpc) is 2.86. The number of benzene rings is 3. The summed E-state index contributed by atoms with van der Waals surface area (Å²) in [7, 11) is 0. The zero-order chi connectivity index (χ0) is 22.4. The van der Waals surface area contributed by atoms with Gasteiger partial charge < -0.3 is 4.74 Å². The molecule has 2 heteroatoms. The minimum atomic E-state index is 0.686. The monoisotopic (exact) mass is 425 g/mol. The molecular weight excluding hydrogens is 390 g/mol. The number of unbranched alkanes of at least 4 members (excludes halogenated alkanes) is 8. The summed E-state index contributed by atoms with van der Waals surface area (Å²) in [6.45, 7) is 3.07. The Kier molecular flexibility index (Phi) is 9.87. The Morgan fingerprint density at radius 1 is 0.562 bits per heavy atom. The highest BCUT2D eigenvalue weighted by Gasteiger charge is 2.02. The van der Waals surface area contributed by atoms with Crippen molar-refractivity contribution >= 4 is 0 Å². The van der Waals surface area contributed by atoms with Crippen LogP contribution in [0.25, 0.3) is 22.3 Å². The highest BCUT2D eigenvalue weighted by atomic mass is 16.5. The summed E-state index contributed by atoms with van der Waals surface area (Å²) in [5.41, 5.74) is 5.33. The zero-order valence-electron chi connectivity index (χ0n) is 19.4. The van der Waals surface area contributed by atoms with Crippen LogP contribution in [0.3, 0.4) is 0 Å². The molecule has 0 N–H and O–H groups in total. The molecule has 0 aliphatic rings. The van der Waals surface area contributed by atoms with Crippen LogP contribution in [-0.4, -0.2) is 6.61 Å². The summed E-state index contributed by atoms with van der Waals surface area (Å²) >= 11 is 0. The minimum absolute atomic E-state index is 0.686. The lowest BCUT2D eigenvalue weighted by atomic mass is 10.00. The number of rotatable bonds is 13. The summed E-state index contributed by atoms with van der Waals surface area (Å²) in [6, 6.07) is 26.8. The van der Waals surface area contributed by atoms with Gasteiger partial charge in [0.25, 0.3) is 0 Å². The summed E-state index contributed by atoms with van der Waals surface area (Å²) in [5.74, 6) is 0.947. The fourth-order valence-electron chi connectivity index (χ4n) is 3.94. The van der Waals surface area contributed by atoms with E-state index in [4.69, 9.17) is 10.00 Å². The number of nitrogens with zero attached hydrogens (tertiary/aromatic N) is 1. The number of hydrogen-bond acceptors (Lipinski definition) is 2. The predicted octanol–water partition coefficient (Wildman–Crippen LogP) is 8.80. The van der Waals surface area contributed by atoms with Crippen molar-refractivity contribution in [2.24, 2.45) is 0 Å². The van der Waals surface area contributed by atoms with E-state index in [2.05, 4.69) is 61.5 Å². The van der Waals surface area contributed by atoms with Gasteiger partial charge in [0.2, 0.25) is 0 Å². The molecule has 3 aromatic carbocycles. The van der Waals surface area contributed by atoms with Gasteiger partial charge in [-0.1, -0.05) is 107 Å². The molecule has 32 heavy (non-hydrogen) atoms. The van der Waals surface area contributed by atoms with Crippen LogP contribution in [0.2, 0.25) is 0 Å². The molecule has 0 aromatic heterocycles. The molecule has 0 heterocycles. The van der Waals surface area contributed by atoms with Gasteiger partial charge in [-0.25, -0.2) is 0 Å². The largest absolute Gasteiger partial charge is 0.494 e. The van der Waals surface area contributed by atoms with Crippen molar-refractivity contribution in [1.29, 1.82) is 5.26 Å². The minimum Gasteiger partial charge on any atom is -0.494 e. The van der Waals surface area contributed by atoms with Gasteiger partial charge in [0, 0.05) is 0 Å². The van der Waals surface area contributed by atoms with Gasteiger partial charge in [-0.2, -0.15) is 5.26 Å². The Bertz CT molecular complexity index is 950. The normalized spacial score (nSPS) is 10.6. The van der Waals surface area contributed by atoms with E-state index in [1.165, 1.54) is 62.5 Å². The van der Waals surface area contributed by atoms with E-state index in [9.17, 15) is 0 Å². The van der Waals surface area contributed by atoms with Crippen LogP contribution in [-0.2, 0) is 0 Å². The van der Waals surface area contributed by atoms with Crippen molar-refractivity contribution in [2.45, 2.75) is 64.7 Å². The molecule has 0 aliphatic heterocycles. The maximum Gasteiger partial charge on any atom is 0.119 e. The second kappa shape index (κ2) is 13.4. The standard InChI is InChI=1S/C30H35NO/c1-2-3-4-5-6-7-8-9-10-23-32-30-21-19-29(20-22-30)28-17-15-27(16-18-28)26-13-11-25(24-31)12-14-26/h11-22H,2-10,23H2,1H3. The first-order valence-corrected chi connectivity index (χ1v) is 12.1. The van der Waals surface area contributed by atoms with E-state index in [1.807, 2.05) is 24.3 Å². The van der Waals surface area contributed by atoms with Gasteiger partial charge in [0.05, 0.1) is 18.2 Å². The quantitative estimate of drug-likeness (QED) is 0.256. The maximum atomic E-state index is 8.94. The third-order valence-corrected chi connectivity index (χ3v) is 5.94. The Balaban J connectivity index is 1.40.